The summed E-state index contributed by atoms with van der Waals surface area (Å²) in [4.78, 5) is 55.2. The highest BCUT2D eigenvalue weighted by Gasteiger charge is 2.34. The van der Waals surface area contributed by atoms with Crippen molar-refractivity contribution in [3.63, 3.8) is 0 Å². The summed E-state index contributed by atoms with van der Waals surface area (Å²) in [7, 11) is -14.0. The fourth-order valence-corrected chi connectivity index (χ4v) is 21.8. The Morgan fingerprint density at radius 3 is 1.08 bits per heavy atom. The predicted octanol–water partition coefficient (Wildman–Crippen LogP) is 21.9. The maximum absolute atomic E-state index is 14.4. The standard InChI is InChI=1S/C29H35NO5S.C27H29NO5S.C25H25F2NO4S.C25H26FNO4S/c1-6-7-18-30(36(33,34)28-20(2)19-27(35-5)21(3)22(28)4)26-11-9-8-10-24(26)15-12-23-13-16-25(17-14-23)29(31)32;1-20(29)22-14-16-25(17-15-22)34(32,33)19-5-4-18-28-26-7-3-2-6-23(26)11-8-21-9-12-24(13-10-21)27(30)31;1-2-3-16-28(33(31,32)24-15-14-21(26)17-22(24)27)23-7-5-4-6-19(23)11-8-18-9-12-20(13-10-18)25(29)30;1-2-3-18-27(32(30,31)24-11-7-5-9-22(24)26)23-10-6-4-8-20(23)15-12-19-13-16-21(17-14-19)25(28)29/h8-11,13-14,16-17,19H,6-7,12,15,18H2,1-5H3,(H,31,32);2-3,6-7,9-10,12-17,28H,4-5,8,11,18-19H2,1H3,(H,30,31);4-7,9-10,12-15,17H,2-3,8,11,16H2,1H3,(H,29,30);4-11,13-14,16-17H,2-3,12,15,18H2,1H3,(H,28,29). The van der Waals surface area contributed by atoms with Crippen molar-refractivity contribution in [1.82, 2.24) is 0 Å². The van der Waals surface area contributed by atoms with E-state index in [1.165, 1.54) is 58.0 Å². The van der Waals surface area contributed by atoms with Gasteiger partial charge in [0.05, 0.1) is 62.0 Å². The number of hydrogen-bond donors (Lipinski definition) is 5. The Hall–Kier alpha value is -13.2. The Morgan fingerprint density at radius 2 is 0.711 bits per heavy atom. The largest absolute Gasteiger partial charge is 0.496 e. The number of aromatic carboxylic acids is 4. The van der Waals surface area contributed by atoms with Gasteiger partial charge >= 0.3 is 23.9 Å². The van der Waals surface area contributed by atoms with Gasteiger partial charge in [0.25, 0.3) is 30.1 Å². The molecule has 0 amide bonds. The summed E-state index contributed by atoms with van der Waals surface area (Å²) in [6.07, 6.45) is 10.7. The lowest BCUT2D eigenvalue weighted by Crippen LogP contribution is -2.34. The van der Waals surface area contributed by atoms with Gasteiger partial charge < -0.3 is 30.5 Å². The van der Waals surface area contributed by atoms with E-state index in [0.717, 1.165) is 112 Å². The maximum atomic E-state index is 14.4. The zero-order valence-electron chi connectivity index (χ0n) is 76.9. The Labute approximate surface area is 790 Å². The van der Waals surface area contributed by atoms with E-state index in [2.05, 4.69) is 11.4 Å². The van der Waals surface area contributed by atoms with Gasteiger partial charge in [-0.25, -0.2) is 66.0 Å². The highest BCUT2D eigenvalue weighted by molar-refractivity contribution is 7.93. The maximum Gasteiger partial charge on any atom is 0.335 e. The van der Waals surface area contributed by atoms with Crippen molar-refractivity contribution >= 4 is 92.3 Å². The molecule has 0 unspecified atom stereocenters. The second kappa shape index (κ2) is 50.2. The third-order valence-electron chi connectivity index (χ3n) is 22.9. The minimum Gasteiger partial charge on any atom is -0.496 e. The number of unbranched alkanes of at least 4 members (excludes halogenated alkanes) is 4. The molecule has 12 aromatic carbocycles. The number of methoxy groups -OCH3 is 1. The summed E-state index contributed by atoms with van der Waals surface area (Å²) in [6.45, 7) is 14.4. The number of nitrogens with zero attached hydrogens (tertiary/aromatic N) is 3. The fraction of sp³-hybridized carbons (Fsp3) is 0.274. The summed E-state index contributed by atoms with van der Waals surface area (Å²) < 4.78 is 159. The van der Waals surface area contributed by atoms with E-state index in [4.69, 9.17) is 25.2 Å². The first-order chi connectivity index (χ1) is 64.4. The van der Waals surface area contributed by atoms with Crippen molar-refractivity contribution in [2.45, 2.75) is 171 Å². The van der Waals surface area contributed by atoms with E-state index in [9.17, 15) is 70.8 Å². The van der Waals surface area contributed by atoms with Crippen molar-refractivity contribution in [2.24, 2.45) is 0 Å². The molecule has 0 bridgehead atoms. The predicted molar refractivity (Wildman–Crippen MR) is 524 cm³/mol. The number of sulfone groups is 1. The van der Waals surface area contributed by atoms with Crippen LogP contribution in [0.25, 0.3) is 0 Å². The molecule has 0 fully saturated rings. The van der Waals surface area contributed by atoms with Crippen LogP contribution in [0.1, 0.15) is 192 Å². The van der Waals surface area contributed by atoms with Crippen molar-refractivity contribution in [3.05, 3.63) is 373 Å². The van der Waals surface area contributed by atoms with Gasteiger partial charge in [-0.05, 0) is 288 Å². The van der Waals surface area contributed by atoms with Crippen LogP contribution in [-0.4, -0.2) is 123 Å². The van der Waals surface area contributed by atoms with E-state index < -0.39 is 86.1 Å². The first-order valence-corrected chi connectivity index (χ1v) is 50.5. The Morgan fingerprint density at radius 1 is 0.363 bits per heavy atom. The van der Waals surface area contributed by atoms with Crippen molar-refractivity contribution in [3.8, 4) is 5.75 Å². The number of sulfonamides is 3. The van der Waals surface area contributed by atoms with Crippen LogP contribution in [0.15, 0.2) is 287 Å². The number of carboxylic acid groups (broad SMARTS) is 4. The van der Waals surface area contributed by atoms with Crippen LogP contribution in [0.5, 0.6) is 5.75 Å². The van der Waals surface area contributed by atoms with Crippen LogP contribution >= 0.6 is 0 Å². The highest BCUT2D eigenvalue weighted by atomic mass is 32.2. The van der Waals surface area contributed by atoms with Gasteiger partial charge in [-0.2, -0.15) is 0 Å². The molecular formula is C106H115F3N4O18S4. The lowest BCUT2D eigenvalue weighted by Gasteiger charge is -2.29. The van der Waals surface area contributed by atoms with Crippen molar-refractivity contribution in [1.29, 1.82) is 0 Å². The molecule has 0 saturated carbocycles. The Bertz CT molecular complexity index is 6550. The molecule has 0 aliphatic heterocycles. The van der Waals surface area contributed by atoms with Crippen LogP contribution < -0.4 is 23.0 Å². The summed E-state index contributed by atoms with van der Waals surface area (Å²) in [6, 6.07) is 72.5. The highest BCUT2D eigenvalue weighted by Crippen LogP contribution is 2.38. The molecule has 0 aliphatic carbocycles. The molecule has 12 aromatic rings. The summed E-state index contributed by atoms with van der Waals surface area (Å²) in [5, 5.41) is 39.7. The lowest BCUT2D eigenvalue weighted by atomic mass is 10.0. The van der Waals surface area contributed by atoms with Gasteiger partial charge in [-0.15, -0.1) is 0 Å². The van der Waals surface area contributed by atoms with E-state index >= 15 is 0 Å². The molecule has 135 heavy (non-hydrogen) atoms. The Kier molecular flexibility index (Phi) is 39.2. The van der Waals surface area contributed by atoms with Crippen molar-refractivity contribution < 1.29 is 96.0 Å². The van der Waals surface area contributed by atoms with Gasteiger partial charge in [0.15, 0.2) is 15.6 Å². The number of Topliss-reactive ketones (excluding diaryl/α,β-unsaturated/α-hetero) is 1. The average molecular weight is 1920 g/mol. The first-order valence-electron chi connectivity index (χ1n) is 44.6. The number of hydrogen-bond acceptors (Lipinski definition) is 15. The summed E-state index contributed by atoms with van der Waals surface area (Å²) in [5.41, 5.74) is 13.9. The number of carboxylic acids is 4. The van der Waals surface area contributed by atoms with Gasteiger partial charge in [0, 0.05) is 43.5 Å². The average Bonchev–Trinajstić information content (AvgIpc) is 0.756. The first kappa shape index (κ1) is 105. The van der Waals surface area contributed by atoms with Crippen LogP contribution in [0.2, 0.25) is 0 Å². The molecule has 712 valence electrons. The molecule has 29 heteroatoms. The molecular weight excluding hydrogens is 1800 g/mol. The van der Waals surface area contributed by atoms with Gasteiger partial charge in [0.2, 0.25) is 0 Å². The third-order valence-corrected chi connectivity index (χ3v) is 30.5. The number of rotatable bonds is 43. The minimum absolute atomic E-state index is 0.0576. The van der Waals surface area contributed by atoms with Crippen molar-refractivity contribution in [2.75, 3.05) is 57.3 Å². The molecule has 0 saturated heterocycles. The molecule has 0 aliphatic rings. The zero-order valence-corrected chi connectivity index (χ0v) is 80.1. The van der Waals surface area contributed by atoms with Crippen LogP contribution in [0.3, 0.4) is 0 Å². The topological polar surface area (TPSA) is 334 Å². The van der Waals surface area contributed by atoms with E-state index in [1.54, 1.807) is 121 Å². The summed E-state index contributed by atoms with van der Waals surface area (Å²) >= 11 is 0. The molecule has 0 radical (unpaired) electrons. The molecule has 0 heterocycles. The number of aryl methyl sites for hydroxylation is 9. The SMILES string of the molecule is CC(=O)c1ccc(S(=O)(=O)CCCCNc2ccccc2CCc2ccc(C(=O)O)cc2)cc1.CCCCN(c1ccccc1CCc1ccc(C(=O)O)cc1)S(=O)(=O)c1c(C)cc(OC)c(C)c1C.CCCCN(c1ccccc1CCc1ccc(C(=O)O)cc1)S(=O)(=O)c1ccc(F)cc1F.CCCCN(c1ccccc1CCc1ccc(C(=O)O)cc1)S(=O)(=O)c1ccccc1F. The number of carbonyl (C=O) groups is 5. The fourth-order valence-electron chi connectivity index (χ4n) is 15.2. The monoisotopic (exact) mass is 1920 g/mol. The number of carbonyl (C=O) groups excluding carboxylic acids is 1. The minimum atomic E-state index is -4.27. The molecule has 0 atom stereocenters. The van der Waals surface area contributed by atoms with E-state index in [1.807, 2.05) is 126 Å². The number of benzene rings is 12. The lowest BCUT2D eigenvalue weighted by molar-refractivity contribution is 0.0686. The molecule has 5 N–H and O–H groups in total. The number of ketones is 1. The van der Waals surface area contributed by atoms with E-state index in [0.29, 0.717) is 128 Å². The van der Waals surface area contributed by atoms with Gasteiger partial charge in [-0.3, -0.25) is 17.7 Å². The molecule has 12 rings (SSSR count). The van der Waals surface area contributed by atoms with Crippen LogP contribution in [0, 0.1) is 38.2 Å². The quantitative estimate of drug-likeness (QED) is 0.0175. The Balaban J connectivity index is 0.000000202. The van der Waals surface area contributed by atoms with Crippen LogP contribution in [-0.2, 0) is 91.3 Å². The smallest absolute Gasteiger partial charge is 0.335 e. The normalized spacial score (nSPS) is 11.3. The van der Waals surface area contributed by atoms with Gasteiger partial charge in [0.1, 0.15) is 33.0 Å². The summed E-state index contributed by atoms with van der Waals surface area (Å²) in [5.74, 6) is -5.98. The molecule has 0 spiro atoms. The molecule has 22 nitrogen and oxygen atoms in total. The number of ether oxygens (including phenoxy) is 1. The second-order valence-corrected chi connectivity index (χ2v) is 39.9. The molecule has 0 aromatic heterocycles. The number of halogens is 3. The second-order valence-electron chi connectivity index (χ2n) is 32.4. The number of nitrogens with one attached hydrogen (secondary N) is 1. The van der Waals surface area contributed by atoms with Gasteiger partial charge in [-0.1, -0.05) is 186 Å². The zero-order chi connectivity index (χ0) is 98.2. The number of para-hydroxylation sites is 4. The number of anilines is 4. The van der Waals surface area contributed by atoms with E-state index in [-0.39, 0.29) is 56.7 Å². The van der Waals surface area contributed by atoms with Crippen LogP contribution in [0.4, 0.5) is 35.9 Å². The third kappa shape index (κ3) is 29.2.